The van der Waals surface area contributed by atoms with Gasteiger partial charge in [0.05, 0.1) is 5.69 Å². The van der Waals surface area contributed by atoms with Gasteiger partial charge in [-0.3, -0.25) is 0 Å². The van der Waals surface area contributed by atoms with E-state index >= 15 is 0 Å². The largest absolute Gasteiger partial charge is 0.376 e. The maximum Gasteiger partial charge on any atom is 0.146 e. The third-order valence-electron chi connectivity index (χ3n) is 3.58. The SMILES string of the molecule is CC(Nc1cc(Br)ccc1F)c1ccc(C(C)(C)C)cc1. The number of anilines is 1. The highest BCUT2D eigenvalue weighted by molar-refractivity contribution is 9.10. The molecule has 0 aromatic heterocycles. The van der Waals surface area contributed by atoms with Gasteiger partial charge in [0.15, 0.2) is 0 Å². The molecule has 0 aliphatic rings. The predicted molar refractivity (Wildman–Crippen MR) is 91.3 cm³/mol. The maximum absolute atomic E-state index is 13.8. The second-order valence-corrected chi connectivity index (χ2v) is 7.28. The molecule has 0 radical (unpaired) electrons. The standard InChI is InChI=1S/C18H21BrFN/c1-12(21-17-11-15(19)9-10-16(17)20)13-5-7-14(8-6-13)18(2,3)4/h5-12,21H,1-4H3. The Morgan fingerprint density at radius 3 is 2.24 bits per heavy atom. The highest BCUT2D eigenvalue weighted by Crippen LogP contribution is 2.27. The lowest BCUT2D eigenvalue weighted by Gasteiger charge is -2.21. The van der Waals surface area contributed by atoms with E-state index in [9.17, 15) is 4.39 Å². The monoisotopic (exact) mass is 349 g/mol. The quantitative estimate of drug-likeness (QED) is 0.710. The molecule has 0 saturated heterocycles. The number of hydrogen-bond donors (Lipinski definition) is 1. The highest BCUT2D eigenvalue weighted by Gasteiger charge is 2.14. The van der Waals surface area contributed by atoms with Gasteiger partial charge < -0.3 is 5.32 Å². The van der Waals surface area contributed by atoms with Gasteiger partial charge in [-0.25, -0.2) is 4.39 Å². The molecule has 2 aromatic rings. The zero-order valence-corrected chi connectivity index (χ0v) is 14.5. The molecule has 0 fully saturated rings. The lowest BCUT2D eigenvalue weighted by atomic mass is 9.86. The Morgan fingerprint density at radius 1 is 1.05 bits per heavy atom. The first kappa shape index (κ1) is 16.0. The van der Waals surface area contributed by atoms with Crippen LogP contribution in [0.3, 0.4) is 0 Å². The zero-order valence-electron chi connectivity index (χ0n) is 12.9. The molecule has 1 nitrogen and oxygen atoms in total. The minimum atomic E-state index is -0.239. The molecule has 1 N–H and O–H groups in total. The number of hydrogen-bond acceptors (Lipinski definition) is 1. The zero-order chi connectivity index (χ0) is 15.6. The lowest BCUT2D eigenvalue weighted by molar-refractivity contribution is 0.589. The van der Waals surface area contributed by atoms with Crippen molar-refractivity contribution in [1.82, 2.24) is 0 Å². The van der Waals surface area contributed by atoms with Crippen molar-refractivity contribution in [3.05, 3.63) is 63.9 Å². The molecule has 0 aliphatic carbocycles. The fourth-order valence-corrected chi connectivity index (χ4v) is 2.56. The maximum atomic E-state index is 13.8. The van der Waals surface area contributed by atoms with Gasteiger partial charge in [0.2, 0.25) is 0 Å². The van der Waals surface area contributed by atoms with Crippen LogP contribution in [0.5, 0.6) is 0 Å². The Labute approximate surface area is 134 Å². The summed E-state index contributed by atoms with van der Waals surface area (Å²) in [7, 11) is 0. The van der Waals surface area contributed by atoms with Crippen molar-refractivity contribution in [1.29, 1.82) is 0 Å². The van der Waals surface area contributed by atoms with Crippen molar-refractivity contribution < 1.29 is 4.39 Å². The summed E-state index contributed by atoms with van der Waals surface area (Å²) in [5.74, 6) is -0.239. The molecule has 2 aromatic carbocycles. The van der Waals surface area contributed by atoms with Gasteiger partial charge in [-0.1, -0.05) is 61.0 Å². The summed E-state index contributed by atoms with van der Waals surface area (Å²) < 4.78 is 14.6. The van der Waals surface area contributed by atoms with Gasteiger partial charge in [0.1, 0.15) is 5.82 Å². The van der Waals surface area contributed by atoms with Gasteiger partial charge in [-0.05, 0) is 41.7 Å². The number of rotatable bonds is 3. The van der Waals surface area contributed by atoms with Gasteiger partial charge in [-0.2, -0.15) is 0 Å². The van der Waals surface area contributed by atoms with E-state index < -0.39 is 0 Å². The average molecular weight is 350 g/mol. The summed E-state index contributed by atoms with van der Waals surface area (Å²) in [6.45, 7) is 8.62. The molecule has 0 amide bonds. The van der Waals surface area contributed by atoms with Crippen LogP contribution in [-0.4, -0.2) is 0 Å². The summed E-state index contributed by atoms with van der Waals surface area (Å²) in [5.41, 5.74) is 3.09. The van der Waals surface area contributed by atoms with Crippen LogP contribution in [0.4, 0.5) is 10.1 Å². The summed E-state index contributed by atoms with van der Waals surface area (Å²) in [6, 6.07) is 13.5. The third-order valence-corrected chi connectivity index (χ3v) is 4.07. The van der Waals surface area contributed by atoms with Crippen molar-refractivity contribution in [2.75, 3.05) is 5.32 Å². The van der Waals surface area contributed by atoms with Crippen molar-refractivity contribution in [3.63, 3.8) is 0 Å². The fraction of sp³-hybridized carbons (Fsp3) is 0.333. The number of benzene rings is 2. The first-order valence-electron chi connectivity index (χ1n) is 7.09. The minimum absolute atomic E-state index is 0.0443. The van der Waals surface area contributed by atoms with Gasteiger partial charge in [-0.15, -0.1) is 0 Å². The van der Waals surface area contributed by atoms with Crippen molar-refractivity contribution in [2.24, 2.45) is 0 Å². The van der Waals surface area contributed by atoms with Crippen molar-refractivity contribution in [3.8, 4) is 0 Å². The lowest BCUT2D eigenvalue weighted by Crippen LogP contribution is -2.12. The molecule has 1 atom stereocenters. The Morgan fingerprint density at radius 2 is 1.67 bits per heavy atom. The van der Waals surface area contributed by atoms with E-state index in [1.807, 2.05) is 6.92 Å². The van der Waals surface area contributed by atoms with Crippen LogP contribution in [0, 0.1) is 5.82 Å². The van der Waals surface area contributed by atoms with E-state index in [-0.39, 0.29) is 17.3 Å². The highest BCUT2D eigenvalue weighted by atomic mass is 79.9. The summed E-state index contributed by atoms with van der Waals surface area (Å²) >= 11 is 3.37. The molecule has 0 bridgehead atoms. The Balaban J connectivity index is 2.17. The van der Waals surface area contributed by atoms with E-state index in [4.69, 9.17) is 0 Å². The van der Waals surface area contributed by atoms with Crippen molar-refractivity contribution in [2.45, 2.75) is 39.2 Å². The molecule has 0 saturated carbocycles. The molecule has 0 spiro atoms. The van der Waals surface area contributed by atoms with Gasteiger partial charge >= 0.3 is 0 Å². The molecule has 112 valence electrons. The Kier molecular flexibility index (Phi) is 4.72. The second kappa shape index (κ2) is 6.18. The summed E-state index contributed by atoms with van der Waals surface area (Å²) in [4.78, 5) is 0. The van der Waals surface area contributed by atoms with Gasteiger partial charge in [0.25, 0.3) is 0 Å². The second-order valence-electron chi connectivity index (χ2n) is 6.36. The van der Waals surface area contributed by atoms with E-state index in [0.29, 0.717) is 5.69 Å². The molecule has 3 heteroatoms. The Hall–Kier alpha value is -1.35. The molecule has 0 aliphatic heterocycles. The number of halogens is 2. The topological polar surface area (TPSA) is 12.0 Å². The molecule has 0 heterocycles. The molecule has 1 unspecified atom stereocenters. The fourth-order valence-electron chi connectivity index (χ4n) is 2.20. The average Bonchev–Trinajstić information content (AvgIpc) is 2.42. The summed E-state index contributed by atoms with van der Waals surface area (Å²) in [5, 5.41) is 3.22. The van der Waals surface area contributed by atoms with E-state index in [1.165, 1.54) is 11.6 Å². The van der Waals surface area contributed by atoms with Crippen LogP contribution >= 0.6 is 15.9 Å². The van der Waals surface area contributed by atoms with Crippen LogP contribution in [0.15, 0.2) is 46.9 Å². The van der Waals surface area contributed by atoms with Crippen LogP contribution in [-0.2, 0) is 5.41 Å². The molecular formula is C18H21BrFN. The van der Waals surface area contributed by atoms with Crippen molar-refractivity contribution >= 4 is 21.6 Å². The van der Waals surface area contributed by atoms with E-state index in [2.05, 4.69) is 66.3 Å². The first-order valence-corrected chi connectivity index (χ1v) is 7.89. The smallest absolute Gasteiger partial charge is 0.146 e. The third kappa shape index (κ3) is 4.07. The Bertz CT molecular complexity index is 614. The molecular weight excluding hydrogens is 329 g/mol. The normalized spacial score (nSPS) is 13.0. The van der Waals surface area contributed by atoms with Crippen LogP contribution in [0.25, 0.3) is 0 Å². The first-order chi connectivity index (χ1) is 9.77. The van der Waals surface area contributed by atoms with Gasteiger partial charge in [0, 0.05) is 10.5 Å². The minimum Gasteiger partial charge on any atom is -0.376 e. The number of nitrogens with one attached hydrogen (secondary N) is 1. The summed E-state index contributed by atoms with van der Waals surface area (Å²) in [6.07, 6.45) is 0. The van der Waals surface area contributed by atoms with E-state index in [1.54, 1.807) is 12.1 Å². The van der Waals surface area contributed by atoms with Crippen LogP contribution in [0.1, 0.15) is 44.9 Å². The molecule has 2 rings (SSSR count). The van der Waals surface area contributed by atoms with E-state index in [0.717, 1.165) is 10.0 Å². The predicted octanol–water partition coefficient (Wildman–Crippen LogP) is 6.06. The molecule has 21 heavy (non-hydrogen) atoms. The van der Waals surface area contributed by atoms with Crippen LogP contribution in [0.2, 0.25) is 0 Å². The van der Waals surface area contributed by atoms with Crippen LogP contribution < -0.4 is 5.32 Å².